The van der Waals surface area contributed by atoms with Crippen LogP contribution in [-0.2, 0) is 41.6 Å². The van der Waals surface area contributed by atoms with Crippen molar-refractivity contribution in [3.05, 3.63) is 71.7 Å². The number of nitrogens with one attached hydrogen (secondary N) is 3. The maximum atomic E-state index is 13.9. The van der Waals surface area contributed by atoms with Gasteiger partial charge in [-0.15, -0.1) is 0 Å². The Bertz CT molecular complexity index is 1870. The molecule has 3 amide bonds. The average molecular weight is 798 g/mol. The van der Waals surface area contributed by atoms with E-state index in [4.69, 9.17) is 12.6 Å². The van der Waals surface area contributed by atoms with Gasteiger partial charge in [-0.25, -0.2) is 9.59 Å². The number of hydrogen-bond donors (Lipinski definition) is 7. The molecule has 2 aromatic rings. The normalized spacial score (nSPS) is 20.0. The standard InChI is InChI=1S/C42H60N6O9/c43-25-9-7-17-32(38(50)47-27-11-19-35(47)41(54)55)45-31(23-21-29-13-3-1-4-14-29)37(49)44-26-10-8-18-33(39(51)48-28-12-20-36(48)42(56)57)46-34(40(52)53)24-22-30-15-5-2-6-16-30/h1-6,13-16,31-36,45-46H,7-12,17-28,43H2,(H,44,49)(H,52,53)(H,54,55)(H,56,57)/t31-,32-,33-,34-,35-,36-/m0/s1/i2D,5D,6D,15D,16D. The van der Waals surface area contributed by atoms with Crippen LogP contribution >= 0.6 is 0 Å². The largest absolute Gasteiger partial charge is 0.480 e. The molecule has 0 spiro atoms. The lowest BCUT2D eigenvalue weighted by Crippen LogP contribution is -2.56. The third kappa shape index (κ3) is 13.9. The minimum absolute atomic E-state index is 0.0595. The van der Waals surface area contributed by atoms with Gasteiger partial charge >= 0.3 is 17.9 Å². The van der Waals surface area contributed by atoms with Crippen molar-refractivity contribution in [1.82, 2.24) is 25.8 Å². The first-order valence-electron chi connectivity index (χ1n) is 22.5. The van der Waals surface area contributed by atoms with E-state index in [-0.39, 0.29) is 56.2 Å². The summed E-state index contributed by atoms with van der Waals surface area (Å²) in [5, 5.41) is 38.8. The number of carbonyl (C=O) groups is 6. The number of nitrogens with two attached hydrogens (primary N) is 1. The summed E-state index contributed by atoms with van der Waals surface area (Å²) < 4.78 is 40.2. The summed E-state index contributed by atoms with van der Waals surface area (Å²) in [7, 11) is 0. The van der Waals surface area contributed by atoms with Crippen LogP contribution in [-0.4, -0.2) is 123 Å². The third-order valence-corrected chi connectivity index (χ3v) is 10.6. The zero-order chi connectivity index (χ0) is 45.5. The van der Waals surface area contributed by atoms with Crippen molar-refractivity contribution in [3.8, 4) is 0 Å². The number of unbranched alkanes of at least 4 members (excludes halogenated alkanes) is 2. The number of aliphatic carboxylic acids is 3. The van der Waals surface area contributed by atoms with Crippen LogP contribution in [0.1, 0.15) is 95.0 Å². The average Bonchev–Trinajstić information content (AvgIpc) is 3.96. The summed E-state index contributed by atoms with van der Waals surface area (Å²) in [6.07, 6.45) is 4.16. The summed E-state index contributed by atoms with van der Waals surface area (Å²) >= 11 is 0. The van der Waals surface area contributed by atoms with E-state index in [1.54, 1.807) is 0 Å². The van der Waals surface area contributed by atoms with E-state index in [9.17, 15) is 44.1 Å². The van der Waals surface area contributed by atoms with Crippen molar-refractivity contribution < 1.29 is 50.9 Å². The molecule has 0 aliphatic carbocycles. The van der Waals surface area contributed by atoms with Crippen LogP contribution in [0.4, 0.5) is 0 Å². The summed E-state index contributed by atoms with van der Waals surface area (Å²) in [5.74, 6) is -5.00. The van der Waals surface area contributed by atoms with Crippen LogP contribution in [0.2, 0.25) is 0 Å². The van der Waals surface area contributed by atoms with Crippen molar-refractivity contribution in [3.63, 3.8) is 0 Å². The number of carboxylic acid groups (broad SMARTS) is 3. The van der Waals surface area contributed by atoms with E-state index in [1.807, 2.05) is 30.3 Å². The second-order valence-corrected chi connectivity index (χ2v) is 14.7. The van der Waals surface area contributed by atoms with Crippen LogP contribution in [0.5, 0.6) is 0 Å². The zero-order valence-electron chi connectivity index (χ0n) is 37.3. The fraction of sp³-hybridized carbons (Fsp3) is 0.571. The highest BCUT2D eigenvalue weighted by Gasteiger charge is 2.39. The molecule has 0 radical (unpaired) electrons. The molecule has 0 bridgehead atoms. The lowest BCUT2D eigenvalue weighted by molar-refractivity contribution is -0.149. The number of rotatable bonds is 25. The SMILES string of the molecule is [2H]c1c([2H])c([2H])c(CC[C@H](N[C@@H](CCCCNC(=O)[C@H](CCc2ccccc2)N[C@@H](CCCCN)C(=O)N2CCC[C@H]2C(=O)O)C(=O)N2CCC[C@H]2C(=O)O)C(=O)O)c([2H])c1[2H]. The predicted molar refractivity (Wildman–Crippen MR) is 213 cm³/mol. The van der Waals surface area contributed by atoms with Gasteiger partial charge in [0.1, 0.15) is 18.1 Å². The van der Waals surface area contributed by atoms with Crippen LogP contribution in [0, 0.1) is 0 Å². The molecule has 8 N–H and O–H groups in total. The Kier molecular flexibility index (Phi) is 15.5. The predicted octanol–water partition coefficient (Wildman–Crippen LogP) is 2.56. The second kappa shape index (κ2) is 23.4. The van der Waals surface area contributed by atoms with Gasteiger partial charge in [-0.2, -0.15) is 0 Å². The number of carbonyl (C=O) groups excluding carboxylic acids is 3. The Labute approximate surface area is 341 Å². The maximum Gasteiger partial charge on any atom is 0.326 e. The summed E-state index contributed by atoms with van der Waals surface area (Å²) in [4.78, 5) is 80.7. The smallest absolute Gasteiger partial charge is 0.326 e. The van der Waals surface area contributed by atoms with Crippen LogP contribution in [0.3, 0.4) is 0 Å². The number of benzene rings is 2. The number of likely N-dealkylation sites (tertiary alicyclic amines) is 2. The van der Waals surface area contributed by atoms with Crippen molar-refractivity contribution in [2.75, 3.05) is 26.2 Å². The molecule has 57 heavy (non-hydrogen) atoms. The number of aryl methyl sites for hydroxylation is 1. The van der Waals surface area contributed by atoms with Crippen molar-refractivity contribution in [2.45, 2.75) is 126 Å². The maximum absolute atomic E-state index is 13.9. The Morgan fingerprint density at radius 3 is 1.75 bits per heavy atom. The van der Waals surface area contributed by atoms with Gasteiger partial charge in [0.15, 0.2) is 0 Å². The number of carboxylic acids is 3. The van der Waals surface area contributed by atoms with E-state index in [0.29, 0.717) is 77.3 Å². The molecule has 2 aliphatic heterocycles. The molecular weight excluding hydrogens is 732 g/mol. The van der Waals surface area contributed by atoms with Gasteiger partial charge in [-0.1, -0.05) is 67.0 Å². The highest BCUT2D eigenvalue weighted by molar-refractivity contribution is 5.89. The molecule has 0 saturated carbocycles. The number of hydrogen-bond acceptors (Lipinski definition) is 9. The fourth-order valence-corrected chi connectivity index (χ4v) is 7.53. The Morgan fingerprint density at radius 1 is 0.684 bits per heavy atom. The highest BCUT2D eigenvalue weighted by atomic mass is 16.4. The lowest BCUT2D eigenvalue weighted by atomic mass is 10.0. The van der Waals surface area contributed by atoms with Gasteiger partial charge < -0.3 is 36.2 Å². The first-order valence-corrected chi connectivity index (χ1v) is 20.0. The quantitative estimate of drug-likeness (QED) is 0.0719. The molecule has 2 aliphatic rings. The number of nitrogens with zero attached hydrogens (tertiary/aromatic N) is 2. The van der Waals surface area contributed by atoms with Gasteiger partial charge in [0.2, 0.25) is 17.7 Å². The zero-order valence-corrected chi connectivity index (χ0v) is 32.3. The van der Waals surface area contributed by atoms with Gasteiger partial charge in [-0.3, -0.25) is 29.8 Å². The topological polar surface area (TPSA) is 232 Å². The van der Waals surface area contributed by atoms with Crippen molar-refractivity contribution in [2.24, 2.45) is 5.73 Å². The van der Waals surface area contributed by atoms with E-state index >= 15 is 0 Å². The van der Waals surface area contributed by atoms with Gasteiger partial charge in [0.05, 0.1) is 25.0 Å². The fourth-order valence-electron chi connectivity index (χ4n) is 7.53. The monoisotopic (exact) mass is 797 g/mol. The molecular formula is C42H60N6O9. The highest BCUT2D eigenvalue weighted by Crippen LogP contribution is 2.22. The van der Waals surface area contributed by atoms with Crippen molar-refractivity contribution in [1.29, 1.82) is 0 Å². The second-order valence-electron chi connectivity index (χ2n) is 14.7. The van der Waals surface area contributed by atoms with E-state index in [0.717, 1.165) is 5.56 Å². The summed E-state index contributed by atoms with van der Waals surface area (Å²) in [6.45, 7) is 0.998. The minimum Gasteiger partial charge on any atom is -0.480 e. The summed E-state index contributed by atoms with van der Waals surface area (Å²) in [5.41, 5.74) is 6.64. The van der Waals surface area contributed by atoms with E-state index in [1.165, 1.54) is 9.80 Å². The van der Waals surface area contributed by atoms with Crippen LogP contribution < -0.4 is 21.7 Å². The van der Waals surface area contributed by atoms with Gasteiger partial charge in [-0.05, 0) is 101 Å². The Balaban J connectivity index is 1.46. The molecule has 2 fully saturated rings. The first kappa shape index (κ1) is 37.7. The summed E-state index contributed by atoms with van der Waals surface area (Å²) in [6, 6.07) is 0.607. The molecule has 15 heteroatoms. The van der Waals surface area contributed by atoms with E-state index in [2.05, 4.69) is 16.0 Å². The lowest BCUT2D eigenvalue weighted by Gasteiger charge is -2.30. The van der Waals surface area contributed by atoms with Gasteiger partial charge in [0, 0.05) is 19.6 Å². The first-order chi connectivity index (χ1) is 29.6. The molecule has 2 aromatic carbocycles. The third-order valence-electron chi connectivity index (χ3n) is 10.6. The molecule has 2 heterocycles. The molecule has 15 nitrogen and oxygen atoms in total. The van der Waals surface area contributed by atoms with Crippen LogP contribution in [0.15, 0.2) is 60.5 Å². The Morgan fingerprint density at radius 2 is 1.21 bits per heavy atom. The Hall–Kier alpha value is -4.86. The number of amides is 3. The minimum atomic E-state index is -1.41. The van der Waals surface area contributed by atoms with E-state index < -0.39 is 90.3 Å². The molecule has 6 atom stereocenters. The van der Waals surface area contributed by atoms with Gasteiger partial charge in [0.25, 0.3) is 0 Å². The molecule has 312 valence electrons. The molecule has 4 rings (SSSR count). The molecule has 0 aromatic heterocycles. The van der Waals surface area contributed by atoms with Crippen LogP contribution in [0.25, 0.3) is 0 Å². The molecule has 2 saturated heterocycles. The molecule has 0 unspecified atom stereocenters. The van der Waals surface area contributed by atoms with Crippen molar-refractivity contribution >= 4 is 35.6 Å².